The van der Waals surface area contributed by atoms with E-state index < -0.39 is 0 Å². The first-order valence-electron chi connectivity index (χ1n) is 7.03. The van der Waals surface area contributed by atoms with E-state index in [2.05, 4.69) is 45.3 Å². The summed E-state index contributed by atoms with van der Waals surface area (Å²) in [6.07, 6.45) is 8.22. The molecule has 2 aliphatic rings. The van der Waals surface area contributed by atoms with E-state index in [1.807, 2.05) is 11.8 Å². The second-order valence-electron chi connectivity index (χ2n) is 6.85. The third-order valence-corrected chi connectivity index (χ3v) is 5.35. The Morgan fingerprint density at radius 3 is 2.61 bits per heavy atom. The first-order chi connectivity index (χ1) is 8.42. The first kappa shape index (κ1) is 14.0. The Morgan fingerprint density at radius 2 is 2.06 bits per heavy atom. The van der Waals surface area contributed by atoms with Gasteiger partial charge in [-0.2, -0.15) is 0 Å². The van der Waals surface area contributed by atoms with Crippen molar-refractivity contribution in [2.45, 2.75) is 47.0 Å². The van der Waals surface area contributed by atoms with Crippen LogP contribution in [0.3, 0.4) is 0 Å². The molecule has 0 saturated heterocycles. The van der Waals surface area contributed by atoms with Gasteiger partial charge in [0.05, 0.1) is 12.4 Å². The first-order valence-corrected chi connectivity index (χ1v) is 8.08. The molecule has 2 aliphatic heterocycles. The van der Waals surface area contributed by atoms with Crippen LogP contribution in [0.1, 0.15) is 47.0 Å². The number of rotatable bonds is 5. The highest BCUT2D eigenvalue weighted by Gasteiger charge is 2.34. The molecule has 0 fully saturated rings. The monoisotopic (exact) mass is 266 g/mol. The van der Waals surface area contributed by atoms with Crippen LogP contribution in [0.4, 0.5) is 0 Å². The van der Waals surface area contributed by atoms with Gasteiger partial charge in [0.1, 0.15) is 0 Å². The zero-order chi connectivity index (χ0) is 13.2. The Hall–Kier alpha value is -0.370. The third kappa shape index (κ3) is 3.14. The fourth-order valence-electron chi connectivity index (χ4n) is 2.68. The van der Waals surface area contributed by atoms with Crippen LogP contribution >= 0.6 is 11.8 Å². The summed E-state index contributed by atoms with van der Waals surface area (Å²) in [5.74, 6) is 3.21. The van der Waals surface area contributed by atoms with Crippen molar-refractivity contribution in [1.29, 1.82) is 0 Å². The Kier molecular flexibility index (Phi) is 4.15. The Bertz CT molecular complexity index is 352. The van der Waals surface area contributed by atoms with E-state index in [1.165, 1.54) is 24.4 Å². The molecule has 18 heavy (non-hydrogen) atoms. The Balaban J connectivity index is 1.91. The quantitative estimate of drug-likeness (QED) is 0.692. The van der Waals surface area contributed by atoms with Crippen LogP contribution in [0, 0.1) is 16.7 Å². The van der Waals surface area contributed by atoms with Gasteiger partial charge in [-0.1, -0.05) is 33.8 Å². The highest BCUT2D eigenvalue weighted by Crippen LogP contribution is 2.44. The number of thioether (sulfide) groups is 1. The highest BCUT2D eigenvalue weighted by atomic mass is 32.2. The molecule has 0 aromatic rings. The SMILES string of the molecule is CC(C)(CCC(C)(C)C1C=CSC1)C1=CCCO1. The van der Waals surface area contributed by atoms with Crippen molar-refractivity contribution in [1.82, 2.24) is 0 Å². The van der Waals surface area contributed by atoms with Crippen LogP contribution in [0.15, 0.2) is 23.3 Å². The van der Waals surface area contributed by atoms with E-state index in [9.17, 15) is 0 Å². The van der Waals surface area contributed by atoms with E-state index in [4.69, 9.17) is 4.74 Å². The lowest BCUT2D eigenvalue weighted by molar-refractivity contribution is 0.141. The van der Waals surface area contributed by atoms with Gasteiger partial charge in [0.15, 0.2) is 0 Å². The van der Waals surface area contributed by atoms with Crippen molar-refractivity contribution in [3.8, 4) is 0 Å². The van der Waals surface area contributed by atoms with Crippen molar-refractivity contribution in [2.24, 2.45) is 16.7 Å². The molecule has 1 atom stereocenters. The molecule has 2 rings (SSSR count). The molecule has 0 radical (unpaired) electrons. The number of hydrogen-bond acceptors (Lipinski definition) is 2. The average Bonchev–Trinajstić information content (AvgIpc) is 2.99. The van der Waals surface area contributed by atoms with Crippen molar-refractivity contribution in [3.63, 3.8) is 0 Å². The maximum atomic E-state index is 5.75. The zero-order valence-electron chi connectivity index (χ0n) is 12.2. The summed E-state index contributed by atoms with van der Waals surface area (Å²) in [4.78, 5) is 0. The van der Waals surface area contributed by atoms with Crippen molar-refractivity contribution >= 4 is 11.8 Å². The predicted molar refractivity (Wildman–Crippen MR) is 80.5 cm³/mol. The molecule has 0 saturated carbocycles. The lowest BCUT2D eigenvalue weighted by Gasteiger charge is -2.34. The maximum Gasteiger partial charge on any atom is 0.0977 e. The molecule has 1 nitrogen and oxygen atoms in total. The van der Waals surface area contributed by atoms with Gasteiger partial charge in [0.25, 0.3) is 0 Å². The van der Waals surface area contributed by atoms with Gasteiger partial charge in [0.2, 0.25) is 0 Å². The number of allylic oxidation sites excluding steroid dienone is 2. The average molecular weight is 266 g/mol. The fraction of sp³-hybridized carbons (Fsp3) is 0.750. The summed E-state index contributed by atoms with van der Waals surface area (Å²) in [6.45, 7) is 10.3. The Labute approximate surface area is 116 Å². The van der Waals surface area contributed by atoms with Crippen molar-refractivity contribution in [2.75, 3.05) is 12.4 Å². The van der Waals surface area contributed by atoms with Crippen LogP contribution in [-0.2, 0) is 4.74 Å². The van der Waals surface area contributed by atoms with Gasteiger partial charge in [-0.25, -0.2) is 0 Å². The van der Waals surface area contributed by atoms with E-state index >= 15 is 0 Å². The fourth-order valence-corrected chi connectivity index (χ4v) is 3.87. The van der Waals surface area contributed by atoms with Crippen LogP contribution < -0.4 is 0 Å². The van der Waals surface area contributed by atoms with Gasteiger partial charge in [-0.15, -0.1) is 11.8 Å². The maximum absolute atomic E-state index is 5.75. The van der Waals surface area contributed by atoms with Crippen molar-refractivity contribution < 1.29 is 4.74 Å². The molecule has 102 valence electrons. The van der Waals surface area contributed by atoms with E-state index in [0.29, 0.717) is 5.41 Å². The minimum absolute atomic E-state index is 0.198. The molecule has 0 N–H and O–H groups in total. The standard InChI is InChI=1S/C16H26OS/c1-15(2,13-7-11-18-12-13)8-9-16(3,4)14-6-5-10-17-14/h6-7,11,13H,5,8-10,12H2,1-4H3. The lowest BCUT2D eigenvalue weighted by atomic mass is 9.72. The van der Waals surface area contributed by atoms with Crippen LogP contribution in [0.2, 0.25) is 0 Å². The number of hydrogen-bond donors (Lipinski definition) is 0. The van der Waals surface area contributed by atoms with Gasteiger partial charge < -0.3 is 4.74 Å². The molecule has 0 bridgehead atoms. The van der Waals surface area contributed by atoms with Crippen molar-refractivity contribution in [3.05, 3.63) is 23.3 Å². The predicted octanol–water partition coefficient (Wildman–Crippen LogP) is 5.00. The lowest BCUT2D eigenvalue weighted by Crippen LogP contribution is -2.26. The topological polar surface area (TPSA) is 9.23 Å². The summed E-state index contributed by atoms with van der Waals surface area (Å²) in [5, 5.41) is 2.26. The third-order valence-electron chi connectivity index (χ3n) is 4.45. The molecular formula is C16H26OS. The van der Waals surface area contributed by atoms with Gasteiger partial charge in [-0.05, 0) is 35.7 Å². The minimum atomic E-state index is 0.198. The second-order valence-corrected chi connectivity index (χ2v) is 7.79. The normalized spacial score (nSPS) is 24.2. The summed E-state index contributed by atoms with van der Waals surface area (Å²) >= 11 is 1.95. The molecule has 0 aromatic heterocycles. The highest BCUT2D eigenvalue weighted by molar-refractivity contribution is 8.02. The summed E-state index contributed by atoms with van der Waals surface area (Å²) < 4.78 is 5.75. The van der Waals surface area contributed by atoms with E-state index in [1.54, 1.807) is 0 Å². The largest absolute Gasteiger partial charge is 0.497 e. The van der Waals surface area contributed by atoms with Gasteiger partial charge in [0, 0.05) is 17.6 Å². The molecule has 1 unspecified atom stereocenters. The zero-order valence-corrected chi connectivity index (χ0v) is 13.0. The van der Waals surface area contributed by atoms with Crippen LogP contribution in [-0.4, -0.2) is 12.4 Å². The minimum Gasteiger partial charge on any atom is -0.497 e. The van der Waals surface area contributed by atoms with Gasteiger partial charge >= 0.3 is 0 Å². The molecule has 0 aromatic carbocycles. The molecule has 0 amide bonds. The Morgan fingerprint density at radius 1 is 1.28 bits per heavy atom. The number of ether oxygens (including phenoxy) is 1. The van der Waals surface area contributed by atoms with Gasteiger partial charge in [-0.3, -0.25) is 0 Å². The molecular weight excluding hydrogens is 240 g/mol. The molecule has 0 spiro atoms. The van der Waals surface area contributed by atoms with E-state index in [-0.39, 0.29) is 5.41 Å². The summed E-state index contributed by atoms with van der Waals surface area (Å²) in [5.41, 5.74) is 0.597. The van der Waals surface area contributed by atoms with Crippen LogP contribution in [0.5, 0.6) is 0 Å². The smallest absolute Gasteiger partial charge is 0.0977 e. The second kappa shape index (κ2) is 5.32. The summed E-state index contributed by atoms with van der Waals surface area (Å²) in [7, 11) is 0. The van der Waals surface area contributed by atoms with Crippen LogP contribution in [0.25, 0.3) is 0 Å². The summed E-state index contributed by atoms with van der Waals surface area (Å²) in [6, 6.07) is 0. The molecule has 2 heteroatoms. The molecule has 0 aliphatic carbocycles. The molecule has 2 heterocycles. The van der Waals surface area contributed by atoms with E-state index in [0.717, 1.165) is 18.9 Å².